The number of benzene rings is 1. The van der Waals surface area contributed by atoms with Crippen molar-refractivity contribution in [3.8, 4) is 0 Å². The maximum absolute atomic E-state index is 14.3. The van der Waals surface area contributed by atoms with E-state index < -0.39 is 23.7 Å². The highest BCUT2D eigenvalue weighted by Gasteiger charge is 2.73. The second kappa shape index (κ2) is 7.62. The first-order chi connectivity index (χ1) is 14.3. The van der Waals surface area contributed by atoms with Gasteiger partial charge >= 0.3 is 17.7 Å². The van der Waals surface area contributed by atoms with Gasteiger partial charge < -0.3 is 4.42 Å². The van der Waals surface area contributed by atoms with E-state index in [4.69, 9.17) is 4.42 Å². The molecule has 0 saturated heterocycles. The molecule has 158 valence electrons. The SMILES string of the molecule is O=C(N[C@]1(C(F)(F)F)[NH+]=C(c2ccccc2)N(C2CCCCC2)C1=O)c1ccco1. The Morgan fingerprint density at radius 1 is 1.10 bits per heavy atom. The normalized spacial score (nSPS) is 22.8. The van der Waals surface area contributed by atoms with Crippen molar-refractivity contribution in [2.75, 3.05) is 0 Å². The molecule has 2 aliphatic rings. The number of alkyl halides is 3. The molecule has 2 N–H and O–H groups in total. The second-order valence-electron chi connectivity index (χ2n) is 7.49. The van der Waals surface area contributed by atoms with Crippen LogP contribution in [0.2, 0.25) is 0 Å². The molecule has 2 amide bonds. The number of halogens is 3. The van der Waals surface area contributed by atoms with Crippen molar-refractivity contribution in [2.24, 2.45) is 0 Å². The summed E-state index contributed by atoms with van der Waals surface area (Å²) in [5, 5.41) is 1.87. The minimum absolute atomic E-state index is 0.0459. The fraction of sp³-hybridized carbons (Fsp3) is 0.381. The number of nitrogens with one attached hydrogen (secondary N) is 2. The van der Waals surface area contributed by atoms with Crippen molar-refractivity contribution in [3.05, 3.63) is 60.1 Å². The Morgan fingerprint density at radius 2 is 1.80 bits per heavy atom. The van der Waals surface area contributed by atoms with E-state index in [1.807, 2.05) is 5.32 Å². The molecule has 2 heterocycles. The number of nitrogens with zero attached hydrogens (tertiary/aromatic N) is 1. The molecule has 0 spiro atoms. The highest BCUT2D eigenvalue weighted by molar-refractivity contribution is 6.12. The Balaban J connectivity index is 1.81. The van der Waals surface area contributed by atoms with Gasteiger partial charge in [-0.2, -0.15) is 18.1 Å². The second-order valence-corrected chi connectivity index (χ2v) is 7.49. The predicted octanol–water partition coefficient (Wildman–Crippen LogP) is 1.97. The molecule has 1 aromatic carbocycles. The van der Waals surface area contributed by atoms with Crippen LogP contribution in [0.15, 0.2) is 53.1 Å². The fourth-order valence-electron chi connectivity index (χ4n) is 4.06. The number of amides is 2. The molecule has 6 nitrogen and oxygen atoms in total. The maximum Gasteiger partial charge on any atom is 0.465 e. The van der Waals surface area contributed by atoms with E-state index in [0.717, 1.165) is 19.3 Å². The number of rotatable bonds is 4. The van der Waals surface area contributed by atoms with Gasteiger partial charge in [0.05, 0.1) is 11.8 Å². The van der Waals surface area contributed by atoms with E-state index in [-0.39, 0.29) is 17.6 Å². The van der Waals surface area contributed by atoms with E-state index >= 15 is 0 Å². The standard InChI is InChI=1S/C21H20F3N3O3/c22-21(23,24)20(26-18(28)16-12-7-13-30-16)19(29)27(15-10-5-2-6-11-15)17(25-20)14-8-3-1-4-9-14/h1,3-4,7-9,12-13,15H,2,5-6,10-11H2,(H,26,28)/p+1/t20-/m1/s1. The Kier molecular flexibility index (Phi) is 5.13. The van der Waals surface area contributed by atoms with Gasteiger partial charge in [0.15, 0.2) is 5.76 Å². The number of carbonyl (C=O) groups is 2. The number of furan rings is 1. The smallest absolute Gasteiger partial charge is 0.459 e. The molecule has 0 unspecified atom stereocenters. The summed E-state index contributed by atoms with van der Waals surface area (Å²) in [6.45, 7) is 0. The Labute approximate surface area is 170 Å². The van der Waals surface area contributed by atoms with Gasteiger partial charge in [0.25, 0.3) is 11.7 Å². The van der Waals surface area contributed by atoms with Gasteiger partial charge in [-0.05, 0) is 49.9 Å². The van der Waals surface area contributed by atoms with Gasteiger partial charge in [0.2, 0.25) is 0 Å². The van der Waals surface area contributed by atoms with Crippen LogP contribution in [-0.2, 0) is 4.79 Å². The van der Waals surface area contributed by atoms with E-state index in [9.17, 15) is 22.8 Å². The number of carbonyl (C=O) groups excluding carboxylic acids is 2. The molecular weight excluding hydrogens is 399 g/mol. The summed E-state index contributed by atoms with van der Waals surface area (Å²) in [6, 6.07) is 10.6. The van der Waals surface area contributed by atoms with Crippen LogP contribution in [0, 0.1) is 0 Å². The molecule has 0 radical (unpaired) electrons. The largest absolute Gasteiger partial charge is 0.465 e. The molecule has 1 atom stereocenters. The lowest BCUT2D eigenvalue weighted by Crippen LogP contribution is -2.96. The molecule has 4 rings (SSSR count). The quantitative estimate of drug-likeness (QED) is 0.794. The van der Waals surface area contributed by atoms with Crippen LogP contribution in [0.5, 0.6) is 0 Å². The minimum Gasteiger partial charge on any atom is -0.459 e. The van der Waals surface area contributed by atoms with Crippen molar-refractivity contribution >= 4 is 17.6 Å². The van der Waals surface area contributed by atoms with Gasteiger partial charge in [-0.25, -0.2) is 9.79 Å². The van der Waals surface area contributed by atoms with Gasteiger partial charge in [0, 0.05) is 0 Å². The summed E-state index contributed by atoms with van der Waals surface area (Å²) in [5.41, 5.74) is -2.84. The molecule has 1 aromatic heterocycles. The summed E-state index contributed by atoms with van der Waals surface area (Å²) in [5.74, 6) is -2.63. The molecule has 0 bridgehead atoms. The van der Waals surface area contributed by atoms with Crippen molar-refractivity contribution in [1.82, 2.24) is 10.2 Å². The van der Waals surface area contributed by atoms with E-state index in [0.29, 0.717) is 18.4 Å². The van der Waals surface area contributed by atoms with Crippen LogP contribution in [0.3, 0.4) is 0 Å². The van der Waals surface area contributed by atoms with Gasteiger partial charge in [-0.15, -0.1) is 0 Å². The first-order valence-corrected chi connectivity index (χ1v) is 9.80. The van der Waals surface area contributed by atoms with Crippen LogP contribution < -0.4 is 10.3 Å². The van der Waals surface area contributed by atoms with Crippen LogP contribution in [0.25, 0.3) is 0 Å². The predicted molar refractivity (Wildman–Crippen MR) is 100 cm³/mol. The van der Waals surface area contributed by atoms with Gasteiger partial charge in [0.1, 0.15) is 6.04 Å². The van der Waals surface area contributed by atoms with Crippen molar-refractivity contribution in [1.29, 1.82) is 0 Å². The zero-order chi connectivity index (χ0) is 21.4. The van der Waals surface area contributed by atoms with Crippen LogP contribution in [0.1, 0.15) is 48.2 Å². The fourth-order valence-corrected chi connectivity index (χ4v) is 4.06. The summed E-state index contributed by atoms with van der Waals surface area (Å²) in [6.07, 6.45) is -0.0762. The van der Waals surface area contributed by atoms with Gasteiger partial charge in [-0.3, -0.25) is 10.1 Å². The maximum atomic E-state index is 14.3. The number of amidine groups is 1. The lowest BCUT2D eigenvalue weighted by molar-refractivity contribution is -0.580. The van der Waals surface area contributed by atoms with E-state index in [1.165, 1.54) is 23.3 Å². The summed E-state index contributed by atoms with van der Waals surface area (Å²) in [7, 11) is 0. The zero-order valence-electron chi connectivity index (χ0n) is 16.0. The topological polar surface area (TPSA) is 76.5 Å². The number of hydrogen-bond donors (Lipinski definition) is 2. The van der Waals surface area contributed by atoms with Crippen molar-refractivity contribution in [3.63, 3.8) is 0 Å². The van der Waals surface area contributed by atoms with E-state index in [2.05, 4.69) is 4.99 Å². The third-order valence-corrected chi connectivity index (χ3v) is 5.54. The number of hydrogen-bond acceptors (Lipinski definition) is 3. The van der Waals surface area contributed by atoms with Crippen LogP contribution >= 0.6 is 0 Å². The summed E-state index contributed by atoms with van der Waals surface area (Å²) in [4.78, 5) is 29.3. The summed E-state index contributed by atoms with van der Waals surface area (Å²) < 4.78 is 47.9. The van der Waals surface area contributed by atoms with Crippen LogP contribution in [-0.4, -0.2) is 40.4 Å². The molecule has 30 heavy (non-hydrogen) atoms. The monoisotopic (exact) mass is 420 g/mol. The van der Waals surface area contributed by atoms with Crippen molar-refractivity contribution < 1.29 is 32.2 Å². The molecule has 1 fully saturated rings. The first kappa shape index (κ1) is 20.2. The average molecular weight is 420 g/mol. The zero-order valence-corrected chi connectivity index (χ0v) is 16.0. The molecule has 9 heteroatoms. The lowest BCUT2D eigenvalue weighted by Gasteiger charge is -2.28. The van der Waals surface area contributed by atoms with Crippen molar-refractivity contribution in [2.45, 2.75) is 50.0 Å². The molecule has 1 aliphatic heterocycles. The Bertz CT molecular complexity index is 951. The average Bonchev–Trinajstić information content (AvgIpc) is 3.37. The minimum atomic E-state index is -5.09. The third-order valence-electron chi connectivity index (χ3n) is 5.54. The van der Waals surface area contributed by atoms with Crippen LogP contribution in [0.4, 0.5) is 13.2 Å². The molecule has 2 aromatic rings. The first-order valence-electron chi connectivity index (χ1n) is 9.80. The lowest BCUT2D eigenvalue weighted by atomic mass is 9.93. The van der Waals surface area contributed by atoms with E-state index in [1.54, 1.807) is 30.3 Å². The summed E-state index contributed by atoms with van der Waals surface area (Å²) >= 11 is 0. The highest BCUT2D eigenvalue weighted by atomic mass is 19.4. The Hall–Kier alpha value is -3.10. The molecule has 1 aliphatic carbocycles. The molecule has 1 saturated carbocycles. The Morgan fingerprint density at radius 3 is 2.40 bits per heavy atom. The highest BCUT2D eigenvalue weighted by Crippen LogP contribution is 2.33. The molecular formula is C21H21F3N3O3+. The third kappa shape index (κ3) is 3.38. The van der Waals surface area contributed by atoms with Gasteiger partial charge in [-0.1, -0.05) is 24.6 Å².